The number of alkyl halides is 3. The smallest absolute Gasteiger partial charge is 0.452 e. The van der Waals surface area contributed by atoms with Gasteiger partial charge in [-0.15, -0.1) is 0 Å². The molecule has 0 radical (unpaired) electrons. The number of rotatable bonds is 9. The quantitative estimate of drug-likeness (QED) is 0.500. The molecule has 3 amide bonds. The lowest BCUT2D eigenvalue weighted by molar-refractivity contribution is -0.175. The van der Waals surface area contributed by atoms with E-state index in [1.165, 1.54) is 24.8 Å². The van der Waals surface area contributed by atoms with Gasteiger partial charge < -0.3 is 24.8 Å². The normalized spacial score (nSPS) is 18.1. The van der Waals surface area contributed by atoms with Crippen molar-refractivity contribution in [2.45, 2.75) is 91.2 Å². The number of nitrogens with zero attached hydrogens (tertiary/aromatic N) is 2. The molecule has 1 saturated heterocycles. The highest BCUT2D eigenvalue weighted by molar-refractivity contribution is 5.98. The first-order chi connectivity index (χ1) is 16.9. The maximum atomic E-state index is 13.4. The molecule has 0 spiro atoms. The number of hydrogen-bond donors (Lipinski definition) is 2. The van der Waals surface area contributed by atoms with E-state index in [-0.39, 0.29) is 24.6 Å². The highest BCUT2D eigenvalue weighted by atomic mass is 19.4. The Labute approximate surface area is 213 Å². The Balaban J connectivity index is 2.16. The van der Waals surface area contributed by atoms with E-state index in [1.54, 1.807) is 34.6 Å². The van der Waals surface area contributed by atoms with E-state index in [0.29, 0.717) is 6.42 Å². The minimum atomic E-state index is -5.11. The van der Waals surface area contributed by atoms with E-state index < -0.39 is 65.2 Å². The molecule has 1 aliphatic heterocycles. The Morgan fingerprint density at radius 1 is 1.05 bits per heavy atom. The molecule has 2 N–H and O–H groups in total. The van der Waals surface area contributed by atoms with Crippen molar-refractivity contribution in [1.82, 2.24) is 20.7 Å². The fourth-order valence-corrected chi connectivity index (χ4v) is 3.90. The number of halogens is 3. The largest absolute Gasteiger partial charge is 0.470 e. The first kappa shape index (κ1) is 30.1. The van der Waals surface area contributed by atoms with Crippen LogP contribution in [0.3, 0.4) is 0 Å². The van der Waals surface area contributed by atoms with Crippen molar-refractivity contribution in [2.75, 3.05) is 6.54 Å². The van der Waals surface area contributed by atoms with Crippen LogP contribution in [0.15, 0.2) is 10.6 Å². The Morgan fingerprint density at radius 2 is 1.65 bits per heavy atom. The number of carbonyl (C=O) groups excluding carboxylic acids is 4. The fraction of sp³-hybridized carbons (Fsp3) is 0.708. The van der Waals surface area contributed by atoms with Gasteiger partial charge in [-0.05, 0) is 50.6 Å². The van der Waals surface area contributed by atoms with E-state index in [9.17, 15) is 32.3 Å². The topological polar surface area (TPSA) is 131 Å². The van der Waals surface area contributed by atoms with Gasteiger partial charge in [-0.25, -0.2) is 0 Å². The SMILES string of the molecule is CC(C)[C@H](NC(=O)c1cc(OC(C)(C)C)no1)C(=O)N1CCC[C@H]1C(=O)N[C@H](C(=O)C(F)(F)F)C(C)C. The average Bonchev–Trinajstić information content (AvgIpc) is 3.42. The summed E-state index contributed by atoms with van der Waals surface area (Å²) in [5.41, 5.74) is -0.578. The second kappa shape index (κ2) is 11.5. The summed E-state index contributed by atoms with van der Waals surface area (Å²) in [5.74, 6) is -5.51. The molecular weight excluding hydrogens is 497 g/mol. The molecule has 0 aliphatic carbocycles. The molecule has 0 aromatic carbocycles. The maximum Gasteiger partial charge on any atom is 0.452 e. The van der Waals surface area contributed by atoms with E-state index >= 15 is 0 Å². The van der Waals surface area contributed by atoms with Gasteiger partial charge in [-0.3, -0.25) is 19.2 Å². The second-order valence-corrected chi connectivity index (χ2v) is 10.7. The summed E-state index contributed by atoms with van der Waals surface area (Å²) >= 11 is 0. The van der Waals surface area contributed by atoms with Crippen molar-refractivity contribution in [1.29, 1.82) is 0 Å². The molecule has 0 unspecified atom stereocenters. The number of nitrogens with one attached hydrogen (secondary N) is 2. The highest BCUT2D eigenvalue weighted by Gasteiger charge is 2.46. The van der Waals surface area contributed by atoms with Gasteiger partial charge in [0.05, 0.1) is 12.1 Å². The predicted molar refractivity (Wildman–Crippen MR) is 126 cm³/mol. The number of ether oxygens (including phenoxy) is 1. The predicted octanol–water partition coefficient (Wildman–Crippen LogP) is 2.87. The number of Topliss-reactive ketones (excluding diaryl/α,β-unsaturated/α-hetero) is 1. The Kier molecular flexibility index (Phi) is 9.37. The molecule has 1 fully saturated rings. The number of ketones is 1. The highest BCUT2D eigenvalue weighted by Crippen LogP contribution is 2.24. The van der Waals surface area contributed by atoms with Crippen LogP contribution in [-0.4, -0.2) is 70.0 Å². The third kappa shape index (κ3) is 7.93. The van der Waals surface area contributed by atoms with Crippen LogP contribution in [0.4, 0.5) is 13.2 Å². The van der Waals surface area contributed by atoms with Crippen LogP contribution in [0.5, 0.6) is 5.88 Å². The van der Waals surface area contributed by atoms with Gasteiger partial charge >= 0.3 is 6.18 Å². The molecule has 0 bridgehead atoms. The number of hydrogen-bond acceptors (Lipinski definition) is 7. The molecule has 1 aromatic heterocycles. The second-order valence-electron chi connectivity index (χ2n) is 10.7. The van der Waals surface area contributed by atoms with Crippen LogP contribution < -0.4 is 15.4 Å². The van der Waals surface area contributed by atoms with Crippen molar-refractivity contribution < 1.29 is 41.6 Å². The number of carbonyl (C=O) groups is 4. The molecule has 3 atom stereocenters. The molecular formula is C24H35F3N4O6. The van der Waals surface area contributed by atoms with Crippen LogP contribution in [0, 0.1) is 11.8 Å². The van der Waals surface area contributed by atoms with Gasteiger partial charge in [0, 0.05) is 6.54 Å². The van der Waals surface area contributed by atoms with Crippen molar-refractivity contribution in [3.05, 3.63) is 11.8 Å². The van der Waals surface area contributed by atoms with Gasteiger partial charge in [-0.1, -0.05) is 27.7 Å². The summed E-state index contributed by atoms with van der Waals surface area (Å²) in [4.78, 5) is 52.1. The molecule has 1 aromatic rings. The maximum absolute atomic E-state index is 13.4. The summed E-state index contributed by atoms with van der Waals surface area (Å²) < 4.78 is 49.6. The lowest BCUT2D eigenvalue weighted by Crippen LogP contribution is -2.58. The fourth-order valence-electron chi connectivity index (χ4n) is 3.90. The molecule has 13 heteroatoms. The van der Waals surface area contributed by atoms with Gasteiger partial charge in [0.15, 0.2) is 0 Å². The Morgan fingerprint density at radius 3 is 2.16 bits per heavy atom. The summed E-state index contributed by atoms with van der Waals surface area (Å²) in [5, 5.41) is 8.46. The molecule has 2 rings (SSSR count). The first-order valence-corrected chi connectivity index (χ1v) is 12.1. The lowest BCUT2D eigenvalue weighted by atomic mass is 9.98. The summed E-state index contributed by atoms with van der Waals surface area (Å²) in [6, 6.07) is -2.62. The minimum Gasteiger partial charge on any atom is -0.470 e. The molecule has 1 aliphatic rings. The van der Waals surface area contributed by atoms with E-state index in [4.69, 9.17) is 9.26 Å². The van der Waals surface area contributed by atoms with Gasteiger partial charge in [0.1, 0.15) is 17.7 Å². The van der Waals surface area contributed by atoms with E-state index in [1.807, 2.05) is 0 Å². The Bertz CT molecular complexity index is 999. The van der Waals surface area contributed by atoms with Gasteiger partial charge in [0.25, 0.3) is 17.6 Å². The molecule has 10 nitrogen and oxygen atoms in total. The van der Waals surface area contributed by atoms with Gasteiger partial charge in [-0.2, -0.15) is 13.2 Å². The molecule has 37 heavy (non-hydrogen) atoms. The number of likely N-dealkylation sites (tertiary alicyclic amines) is 1. The van der Waals surface area contributed by atoms with Crippen molar-refractivity contribution in [3.63, 3.8) is 0 Å². The van der Waals surface area contributed by atoms with Crippen LogP contribution in [-0.2, 0) is 14.4 Å². The summed E-state index contributed by atoms with van der Waals surface area (Å²) in [7, 11) is 0. The zero-order valence-electron chi connectivity index (χ0n) is 22.1. The molecule has 208 valence electrons. The summed E-state index contributed by atoms with van der Waals surface area (Å²) in [6.45, 7) is 11.7. The Hall–Kier alpha value is -3.12. The third-order valence-electron chi connectivity index (χ3n) is 5.71. The number of aromatic nitrogens is 1. The monoisotopic (exact) mass is 532 g/mol. The van der Waals surface area contributed by atoms with E-state index in [2.05, 4.69) is 15.8 Å². The van der Waals surface area contributed by atoms with Crippen molar-refractivity contribution in [3.8, 4) is 5.88 Å². The zero-order valence-corrected chi connectivity index (χ0v) is 22.1. The average molecular weight is 533 g/mol. The number of amides is 3. The third-order valence-corrected chi connectivity index (χ3v) is 5.71. The van der Waals surface area contributed by atoms with Gasteiger partial charge in [0.2, 0.25) is 17.6 Å². The lowest BCUT2D eigenvalue weighted by Gasteiger charge is -2.31. The standard InChI is InChI=1S/C24H35F3N4O6/c1-12(2)17(19(32)24(25,26)27)28-20(33)14-9-8-10-31(14)22(35)18(13(3)4)29-21(34)15-11-16(30-37-15)36-23(5,6)7/h11-14,17-18H,8-10H2,1-7H3,(H,28,33)(H,29,34)/t14-,17-,18-/m0/s1. The van der Waals surface area contributed by atoms with Crippen LogP contribution in [0.1, 0.15) is 71.9 Å². The van der Waals surface area contributed by atoms with Crippen molar-refractivity contribution in [2.24, 2.45) is 11.8 Å². The van der Waals surface area contributed by atoms with Crippen LogP contribution in [0.2, 0.25) is 0 Å². The summed E-state index contributed by atoms with van der Waals surface area (Å²) in [6.07, 6.45) is -4.48. The molecule has 0 saturated carbocycles. The van der Waals surface area contributed by atoms with Crippen LogP contribution in [0.25, 0.3) is 0 Å². The van der Waals surface area contributed by atoms with Crippen molar-refractivity contribution >= 4 is 23.5 Å². The zero-order chi connectivity index (χ0) is 28.3. The molecule has 2 heterocycles. The minimum absolute atomic E-state index is 0.0921. The van der Waals surface area contributed by atoms with Crippen LogP contribution >= 0.6 is 0 Å². The van der Waals surface area contributed by atoms with E-state index in [0.717, 1.165) is 0 Å². The first-order valence-electron chi connectivity index (χ1n) is 12.1.